The molecule has 0 fully saturated rings. The highest BCUT2D eigenvalue weighted by Gasteiger charge is 2.19. The van der Waals surface area contributed by atoms with Crippen LogP contribution in [0.2, 0.25) is 0 Å². The van der Waals surface area contributed by atoms with Crippen LogP contribution in [-0.4, -0.2) is 37.2 Å². The lowest BCUT2D eigenvalue weighted by molar-refractivity contribution is -0.166. The summed E-state index contributed by atoms with van der Waals surface area (Å²) in [6, 6.07) is 0. The van der Waals surface area contributed by atoms with E-state index in [1.54, 1.807) is 0 Å². The van der Waals surface area contributed by atoms with Crippen molar-refractivity contribution in [2.45, 2.75) is 245 Å². The molecule has 0 radical (unpaired) electrons. The van der Waals surface area contributed by atoms with E-state index in [1.165, 1.54) is 77.0 Å². The predicted molar refractivity (Wildman–Crippen MR) is 325 cm³/mol. The van der Waals surface area contributed by atoms with Crippen LogP contribution in [0.5, 0.6) is 0 Å². The first-order chi connectivity index (χ1) is 37.0. The number of carbonyl (C=O) groups excluding carboxylic acids is 3. The van der Waals surface area contributed by atoms with Crippen molar-refractivity contribution in [1.82, 2.24) is 0 Å². The Morgan fingerprint density at radius 1 is 0.280 bits per heavy atom. The first kappa shape index (κ1) is 70.0. The Kier molecular flexibility index (Phi) is 57.5. The molecule has 0 aromatic carbocycles. The molecule has 0 saturated carbocycles. The molecule has 420 valence electrons. The van der Waals surface area contributed by atoms with E-state index < -0.39 is 12.1 Å². The molecule has 0 bridgehead atoms. The predicted octanol–water partition coefficient (Wildman–Crippen LogP) is 20.5. The number of unbranched alkanes of at least 4 members (excludes halogenated alkanes) is 15. The molecule has 6 nitrogen and oxygen atoms in total. The van der Waals surface area contributed by atoms with Gasteiger partial charge >= 0.3 is 17.9 Å². The van der Waals surface area contributed by atoms with Crippen molar-refractivity contribution < 1.29 is 28.6 Å². The van der Waals surface area contributed by atoms with E-state index in [9.17, 15) is 14.4 Å². The number of hydrogen-bond donors (Lipinski definition) is 0. The minimum atomic E-state index is -0.847. The molecular weight excluding hydrogens is 925 g/mol. The fraction of sp³-hybridized carbons (Fsp3) is 0.580. The van der Waals surface area contributed by atoms with Gasteiger partial charge in [-0.15, -0.1) is 0 Å². The molecule has 1 atom stereocenters. The third-order valence-corrected chi connectivity index (χ3v) is 12.0. The van der Waals surface area contributed by atoms with Crippen LogP contribution in [0, 0.1) is 0 Å². The zero-order valence-corrected chi connectivity index (χ0v) is 48.0. The van der Waals surface area contributed by atoms with Gasteiger partial charge in [0.2, 0.25) is 0 Å². The van der Waals surface area contributed by atoms with E-state index in [2.05, 4.69) is 167 Å². The van der Waals surface area contributed by atoms with Gasteiger partial charge in [0.25, 0.3) is 0 Å². The summed E-state index contributed by atoms with van der Waals surface area (Å²) in [5.41, 5.74) is 0. The van der Waals surface area contributed by atoms with E-state index in [0.29, 0.717) is 19.3 Å². The average Bonchev–Trinajstić information content (AvgIpc) is 3.41. The maximum Gasteiger partial charge on any atom is 0.306 e. The number of esters is 3. The van der Waals surface area contributed by atoms with Crippen LogP contribution in [0.1, 0.15) is 239 Å². The van der Waals surface area contributed by atoms with Gasteiger partial charge in [0.1, 0.15) is 13.2 Å². The Bertz CT molecular complexity index is 1710. The van der Waals surface area contributed by atoms with Crippen LogP contribution in [0.3, 0.4) is 0 Å². The van der Waals surface area contributed by atoms with Crippen molar-refractivity contribution in [1.29, 1.82) is 0 Å². The molecular formula is C69H108O6. The molecule has 0 aromatic heterocycles. The molecule has 0 aliphatic rings. The number of allylic oxidation sites excluding steroid dienone is 26. The summed E-state index contributed by atoms with van der Waals surface area (Å²) >= 11 is 0. The number of ether oxygens (including phenoxy) is 3. The highest BCUT2D eigenvalue weighted by atomic mass is 16.6. The van der Waals surface area contributed by atoms with Crippen molar-refractivity contribution in [2.75, 3.05) is 13.2 Å². The molecule has 0 aliphatic heterocycles. The fourth-order valence-electron chi connectivity index (χ4n) is 7.58. The summed E-state index contributed by atoms with van der Waals surface area (Å²) in [4.78, 5) is 38.2. The lowest BCUT2D eigenvalue weighted by atomic mass is 10.1. The summed E-state index contributed by atoms with van der Waals surface area (Å²) in [5.74, 6) is -1.07. The molecule has 1 unspecified atom stereocenters. The van der Waals surface area contributed by atoms with Gasteiger partial charge in [-0.25, -0.2) is 0 Å². The van der Waals surface area contributed by atoms with Crippen LogP contribution < -0.4 is 0 Å². The maximum atomic E-state index is 12.9. The van der Waals surface area contributed by atoms with Crippen LogP contribution in [0.15, 0.2) is 158 Å². The van der Waals surface area contributed by atoms with E-state index in [-0.39, 0.29) is 38.0 Å². The van der Waals surface area contributed by atoms with Gasteiger partial charge in [-0.05, 0) is 135 Å². The van der Waals surface area contributed by atoms with Gasteiger partial charge in [-0.2, -0.15) is 0 Å². The van der Waals surface area contributed by atoms with Crippen molar-refractivity contribution in [3.63, 3.8) is 0 Å². The second-order valence-electron chi connectivity index (χ2n) is 19.1. The van der Waals surface area contributed by atoms with Crippen LogP contribution in [-0.2, 0) is 28.6 Å². The standard InChI is InChI=1S/C69H108O6/c1-4-7-10-13-16-19-22-25-28-31-33-34-36-38-41-44-47-50-53-56-59-62-68(71)74-65-66(64-73-67(70)61-58-55-52-49-46-43-40-37-30-27-24-21-18-15-12-9-6-3)75-69(72)63-60-57-54-51-48-45-42-39-35-32-29-26-23-20-17-14-11-8-5-2/h7-8,10-11,16-17,19-20,25-30,33-35,38-39,41,45,47-48,50,54,57,66H,4-6,9,12-15,18,21-24,31-32,36-37,40,42-44,46,49,51-53,55-56,58-65H2,1-3H3/b10-7-,11-8-,19-16-,20-17-,28-25-,29-26-,30-27-,34-33-,39-35-,41-38-,48-45-,50-47-,57-54-. The maximum absolute atomic E-state index is 12.9. The van der Waals surface area contributed by atoms with E-state index in [0.717, 1.165) is 109 Å². The van der Waals surface area contributed by atoms with Crippen molar-refractivity contribution >= 4 is 17.9 Å². The second kappa shape index (κ2) is 61.6. The minimum Gasteiger partial charge on any atom is -0.462 e. The van der Waals surface area contributed by atoms with E-state index in [4.69, 9.17) is 14.2 Å². The monoisotopic (exact) mass is 1030 g/mol. The first-order valence-corrected chi connectivity index (χ1v) is 30.0. The SMILES string of the molecule is CC/C=C\C/C=C\C/C=C\C/C=C\C/C=C\C/C=C\CCCCC(=O)OCC(COC(=O)CCCCCCCCC/C=C\CCCCCCCC)OC(=O)CC/C=C\C/C=C\C/C=C\C/C=C\C/C=C\C/C=C\CC. The molecule has 75 heavy (non-hydrogen) atoms. The average molecular weight is 1030 g/mol. The van der Waals surface area contributed by atoms with Gasteiger partial charge < -0.3 is 14.2 Å². The normalized spacial score (nSPS) is 13.3. The van der Waals surface area contributed by atoms with Gasteiger partial charge in [-0.1, -0.05) is 243 Å². The van der Waals surface area contributed by atoms with Gasteiger partial charge in [0.15, 0.2) is 6.10 Å². The van der Waals surface area contributed by atoms with E-state index in [1.807, 2.05) is 12.2 Å². The Labute approximate surface area is 460 Å². The fourth-order valence-corrected chi connectivity index (χ4v) is 7.58. The highest BCUT2D eigenvalue weighted by molar-refractivity contribution is 5.71. The van der Waals surface area contributed by atoms with Gasteiger partial charge in [0, 0.05) is 19.3 Å². The minimum absolute atomic E-state index is 0.131. The molecule has 0 saturated heterocycles. The molecule has 0 aromatic rings. The molecule has 0 amide bonds. The lowest BCUT2D eigenvalue weighted by Gasteiger charge is -2.18. The second-order valence-corrected chi connectivity index (χ2v) is 19.1. The Morgan fingerprint density at radius 2 is 0.547 bits per heavy atom. The summed E-state index contributed by atoms with van der Waals surface area (Å²) < 4.78 is 16.8. The molecule has 0 N–H and O–H groups in total. The molecule has 0 aliphatic carbocycles. The number of carbonyl (C=O) groups is 3. The summed E-state index contributed by atoms with van der Waals surface area (Å²) in [6.45, 7) is 6.30. The summed E-state index contributed by atoms with van der Waals surface area (Å²) in [6.07, 6.45) is 89.6. The number of rotatable bonds is 52. The molecule has 0 spiro atoms. The zero-order valence-electron chi connectivity index (χ0n) is 48.0. The van der Waals surface area contributed by atoms with Gasteiger partial charge in [-0.3, -0.25) is 14.4 Å². The Balaban J connectivity index is 4.61. The molecule has 0 rings (SSSR count). The van der Waals surface area contributed by atoms with E-state index >= 15 is 0 Å². The topological polar surface area (TPSA) is 78.9 Å². The van der Waals surface area contributed by atoms with Crippen molar-refractivity contribution in [2.24, 2.45) is 0 Å². The van der Waals surface area contributed by atoms with Crippen LogP contribution in [0.4, 0.5) is 0 Å². The largest absolute Gasteiger partial charge is 0.462 e. The third-order valence-electron chi connectivity index (χ3n) is 12.0. The first-order valence-electron chi connectivity index (χ1n) is 30.0. The smallest absolute Gasteiger partial charge is 0.306 e. The molecule has 6 heteroatoms. The summed E-state index contributed by atoms with van der Waals surface area (Å²) in [5, 5.41) is 0. The van der Waals surface area contributed by atoms with Crippen LogP contribution in [0.25, 0.3) is 0 Å². The highest BCUT2D eigenvalue weighted by Crippen LogP contribution is 2.13. The quantitative estimate of drug-likeness (QED) is 0.0261. The lowest BCUT2D eigenvalue weighted by Crippen LogP contribution is -2.30. The number of hydrogen-bond acceptors (Lipinski definition) is 6. The van der Waals surface area contributed by atoms with Crippen molar-refractivity contribution in [3.8, 4) is 0 Å². The third kappa shape index (κ3) is 59.8. The van der Waals surface area contributed by atoms with Crippen LogP contribution >= 0.6 is 0 Å². The zero-order chi connectivity index (χ0) is 54.3. The Morgan fingerprint density at radius 3 is 0.907 bits per heavy atom. The molecule has 0 heterocycles. The van der Waals surface area contributed by atoms with Gasteiger partial charge in [0.05, 0.1) is 0 Å². The Hall–Kier alpha value is -4.97. The van der Waals surface area contributed by atoms with Crippen molar-refractivity contribution in [3.05, 3.63) is 158 Å². The summed E-state index contributed by atoms with van der Waals surface area (Å²) in [7, 11) is 0.